The number of morpholine rings is 1. The van der Waals surface area contributed by atoms with Crippen molar-refractivity contribution in [1.29, 1.82) is 0 Å². The van der Waals surface area contributed by atoms with E-state index in [0.29, 0.717) is 31.8 Å². The van der Waals surface area contributed by atoms with Crippen molar-refractivity contribution in [2.75, 3.05) is 40.4 Å². The number of ether oxygens (including phenoxy) is 2. The molecule has 0 radical (unpaired) electrons. The summed E-state index contributed by atoms with van der Waals surface area (Å²) in [5, 5.41) is 3.54. The van der Waals surface area contributed by atoms with Gasteiger partial charge < -0.3 is 24.6 Å². The largest absolute Gasteiger partial charge is 0.444 e. The standard InChI is InChI=1S/C17H35N3O3/c1-13(18-11-14(2)19(6)7)10-15-12-22-9-8-20(15)16(21)23-17(3,4)5/h13-15,18H,8-12H2,1-7H3. The van der Waals surface area contributed by atoms with Crippen LogP contribution in [0.15, 0.2) is 0 Å². The molecule has 0 aromatic rings. The quantitative estimate of drug-likeness (QED) is 0.807. The number of hydrogen-bond donors (Lipinski definition) is 1. The Labute approximate surface area is 141 Å². The van der Waals surface area contributed by atoms with Crippen LogP contribution in [0.3, 0.4) is 0 Å². The molecule has 0 spiro atoms. The number of likely N-dealkylation sites (N-methyl/N-ethyl adjacent to an activating group) is 1. The van der Waals surface area contributed by atoms with Crippen LogP contribution in [0, 0.1) is 0 Å². The highest BCUT2D eigenvalue weighted by Crippen LogP contribution is 2.17. The molecule has 1 aliphatic heterocycles. The van der Waals surface area contributed by atoms with Crippen LogP contribution in [-0.4, -0.2) is 80.0 Å². The molecule has 0 saturated carbocycles. The van der Waals surface area contributed by atoms with E-state index in [1.165, 1.54) is 0 Å². The zero-order valence-electron chi connectivity index (χ0n) is 15.9. The first-order valence-corrected chi connectivity index (χ1v) is 8.57. The monoisotopic (exact) mass is 329 g/mol. The predicted octanol–water partition coefficient (Wildman–Crippen LogP) is 1.94. The van der Waals surface area contributed by atoms with E-state index in [9.17, 15) is 4.79 Å². The third-order valence-corrected chi connectivity index (χ3v) is 4.12. The molecule has 1 heterocycles. The molecule has 136 valence electrons. The molecule has 23 heavy (non-hydrogen) atoms. The molecule has 3 unspecified atom stereocenters. The molecule has 1 N–H and O–H groups in total. The SMILES string of the molecule is CC(CC1COCCN1C(=O)OC(C)(C)C)NCC(C)N(C)C. The van der Waals surface area contributed by atoms with E-state index in [-0.39, 0.29) is 12.1 Å². The summed E-state index contributed by atoms with van der Waals surface area (Å²) in [7, 11) is 4.16. The summed E-state index contributed by atoms with van der Waals surface area (Å²) in [4.78, 5) is 16.4. The summed E-state index contributed by atoms with van der Waals surface area (Å²) in [5.74, 6) is 0. The van der Waals surface area contributed by atoms with Gasteiger partial charge in [-0.1, -0.05) is 0 Å². The van der Waals surface area contributed by atoms with E-state index in [2.05, 4.69) is 38.2 Å². The maximum absolute atomic E-state index is 12.4. The van der Waals surface area contributed by atoms with Gasteiger partial charge in [-0.3, -0.25) is 0 Å². The fourth-order valence-electron chi connectivity index (χ4n) is 2.46. The lowest BCUT2D eigenvalue weighted by molar-refractivity contribution is -0.0356. The van der Waals surface area contributed by atoms with Crippen LogP contribution >= 0.6 is 0 Å². The van der Waals surface area contributed by atoms with Crippen molar-refractivity contribution in [2.24, 2.45) is 0 Å². The Morgan fingerprint density at radius 3 is 2.61 bits per heavy atom. The normalized spacial score (nSPS) is 22.1. The molecule has 6 heteroatoms. The Morgan fingerprint density at radius 1 is 1.39 bits per heavy atom. The van der Waals surface area contributed by atoms with Crippen molar-refractivity contribution < 1.29 is 14.3 Å². The van der Waals surface area contributed by atoms with Gasteiger partial charge >= 0.3 is 6.09 Å². The van der Waals surface area contributed by atoms with Crippen molar-refractivity contribution >= 4 is 6.09 Å². The fourth-order valence-corrected chi connectivity index (χ4v) is 2.46. The van der Waals surface area contributed by atoms with Crippen LogP contribution < -0.4 is 5.32 Å². The second-order valence-electron chi connectivity index (χ2n) is 7.76. The van der Waals surface area contributed by atoms with E-state index >= 15 is 0 Å². The number of hydrogen-bond acceptors (Lipinski definition) is 5. The number of carbonyl (C=O) groups excluding carboxylic acids is 1. The molecule has 0 aromatic carbocycles. The topological polar surface area (TPSA) is 54.0 Å². The summed E-state index contributed by atoms with van der Waals surface area (Å²) < 4.78 is 11.1. The van der Waals surface area contributed by atoms with Crippen LogP contribution in [-0.2, 0) is 9.47 Å². The van der Waals surface area contributed by atoms with Gasteiger partial charge in [0.25, 0.3) is 0 Å². The smallest absolute Gasteiger partial charge is 0.410 e. The van der Waals surface area contributed by atoms with Crippen LogP contribution in [0.1, 0.15) is 41.0 Å². The van der Waals surface area contributed by atoms with Crippen LogP contribution in [0.2, 0.25) is 0 Å². The molecule has 1 aliphatic rings. The van der Waals surface area contributed by atoms with E-state index < -0.39 is 5.60 Å². The van der Waals surface area contributed by atoms with Crippen molar-refractivity contribution in [3.05, 3.63) is 0 Å². The van der Waals surface area contributed by atoms with Crippen LogP contribution in [0.25, 0.3) is 0 Å². The van der Waals surface area contributed by atoms with Crippen molar-refractivity contribution in [1.82, 2.24) is 15.1 Å². The van der Waals surface area contributed by atoms with Gasteiger partial charge in [0.1, 0.15) is 5.60 Å². The average Bonchev–Trinajstić information content (AvgIpc) is 2.43. The molecule has 3 atom stereocenters. The molecule has 0 aromatic heterocycles. The van der Waals surface area contributed by atoms with Gasteiger partial charge in [0.2, 0.25) is 0 Å². The molecule has 1 amide bonds. The number of amides is 1. The van der Waals surface area contributed by atoms with E-state index in [0.717, 1.165) is 13.0 Å². The molecule has 1 rings (SSSR count). The second-order valence-corrected chi connectivity index (χ2v) is 7.76. The first kappa shape index (κ1) is 20.2. The second kappa shape index (κ2) is 8.85. The minimum atomic E-state index is -0.467. The van der Waals surface area contributed by atoms with Crippen molar-refractivity contribution in [2.45, 2.75) is 64.8 Å². The van der Waals surface area contributed by atoms with Gasteiger partial charge in [-0.25, -0.2) is 4.79 Å². The third-order valence-electron chi connectivity index (χ3n) is 4.12. The molecule has 6 nitrogen and oxygen atoms in total. The Balaban J connectivity index is 2.52. The molecule has 0 aliphatic carbocycles. The van der Waals surface area contributed by atoms with Gasteiger partial charge in [-0.2, -0.15) is 0 Å². The Bertz CT molecular complexity index is 369. The van der Waals surface area contributed by atoms with E-state index in [1.807, 2.05) is 25.7 Å². The van der Waals surface area contributed by atoms with Gasteiger partial charge in [-0.15, -0.1) is 0 Å². The zero-order valence-corrected chi connectivity index (χ0v) is 15.9. The number of carbonyl (C=O) groups is 1. The highest BCUT2D eigenvalue weighted by atomic mass is 16.6. The summed E-state index contributed by atoms with van der Waals surface area (Å²) in [6, 6.07) is 0.854. The summed E-state index contributed by atoms with van der Waals surface area (Å²) in [5.41, 5.74) is -0.467. The Morgan fingerprint density at radius 2 is 2.04 bits per heavy atom. The number of nitrogens with zero attached hydrogens (tertiary/aromatic N) is 2. The maximum Gasteiger partial charge on any atom is 0.410 e. The van der Waals surface area contributed by atoms with Gasteiger partial charge in [0.05, 0.1) is 19.3 Å². The highest BCUT2D eigenvalue weighted by Gasteiger charge is 2.31. The molecule has 0 bridgehead atoms. The minimum Gasteiger partial charge on any atom is -0.444 e. The number of rotatable bonds is 6. The Hall–Kier alpha value is -0.850. The molecular formula is C17H35N3O3. The van der Waals surface area contributed by atoms with E-state index in [1.54, 1.807) is 0 Å². The van der Waals surface area contributed by atoms with Crippen LogP contribution in [0.5, 0.6) is 0 Å². The fraction of sp³-hybridized carbons (Fsp3) is 0.941. The van der Waals surface area contributed by atoms with Crippen molar-refractivity contribution in [3.8, 4) is 0 Å². The lowest BCUT2D eigenvalue weighted by atomic mass is 10.1. The zero-order chi connectivity index (χ0) is 17.6. The summed E-state index contributed by atoms with van der Waals surface area (Å²) in [6.45, 7) is 12.7. The predicted molar refractivity (Wildman–Crippen MR) is 92.8 cm³/mol. The lowest BCUT2D eigenvalue weighted by Gasteiger charge is -2.38. The van der Waals surface area contributed by atoms with Crippen LogP contribution in [0.4, 0.5) is 4.79 Å². The first-order chi connectivity index (χ1) is 10.6. The maximum atomic E-state index is 12.4. The first-order valence-electron chi connectivity index (χ1n) is 8.57. The minimum absolute atomic E-state index is 0.0655. The summed E-state index contributed by atoms with van der Waals surface area (Å²) >= 11 is 0. The van der Waals surface area contributed by atoms with Crippen molar-refractivity contribution in [3.63, 3.8) is 0 Å². The molecule has 1 saturated heterocycles. The van der Waals surface area contributed by atoms with Gasteiger partial charge in [-0.05, 0) is 55.1 Å². The van der Waals surface area contributed by atoms with Gasteiger partial charge in [0.15, 0.2) is 0 Å². The Kier molecular flexibility index (Phi) is 7.77. The van der Waals surface area contributed by atoms with E-state index in [4.69, 9.17) is 9.47 Å². The lowest BCUT2D eigenvalue weighted by Crippen LogP contribution is -2.52. The average molecular weight is 329 g/mol. The molecular weight excluding hydrogens is 294 g/mol. The highest BCUT2D eigenvalue weighted by molar-refractivity contribution is 5.68. The molecule has 1 fully saturated rings. The number of nitrogens with one attached hydrogen (secondary N) is 1. The third kappa shape index (κ3) is 7.50. The van der Waals surface area contributed by atoms with Gasteiger partial charge in [0, 0.05) is 25.2 Å². The summed E-state index contributed by atoms with van der Waals surface area (Å²) in [6.07, 6.45) is 0.624.